The van der Waals surface area contributed by atoms with E-state index >= 15 is 0 Å². The molecule has 8 nitrogen and oxygen atoms in total. The van der Waals surface area contributed by atoms with Crippen LogP contribution in [0, 0.1) is 0 Å². The summed E-state index contributed by atoms with van der Waals surface area (Å²) in [6, 6.07) is 18.3. The third kappa shape index (κ3) is 8.15. The van der Waals surface area contributed by atoms with Gasteiger partial charge in [0, 0.05) is 17.6 Å². The van der Waals surface area contributed by atoms with Gasteiger partial charge >= 0.3 is 0 Å². The van der Waals surface area contributed by atoms with E-state index in [4.69, 9.17) is 27.9 Å². The maximum absolute atomic E-state index is 14.2. The number of hydrogen-bond donors (Lipinski definition) is 1. The fourth-order valence-corrected chi connectivity index (χ4v) is 6.12. The number of benzene rings is 3. The highest BCUT2D eigenvalue weighted by Gasteiger charge is 2.34. The summed E-state index contributed by atoms with van der Waals surface area (Å²) < 4.78 is 34.1. The highest BCUT2D eigenvalue weighted by atomic mass is 35.5. The van der Waals surface area contributed by atoms with Gasteiger partial charge in [0.2, 0.25) is 11.8 Å². The highest BCUT2D eigenvalue weighted by Crippen LogP contribution is 2.33. The largest absolute Gasteiger partial charge is 0.497 e. The van der Waals surface area contributed by atoms with Gasteiger partial charge in [-0.15, -0.1) is 0 Å². The van der Waals surface area contributed by atoms with E-state index in [1.165, 1.54) is 42.3 Å². The molecule has 0 saturated carbocycles. The number of rotatable bonds is 13. The molecule has 0 aliphatic carbocycles. The van der Waals surface area contributed by atoms with Gasteiger partial charge in [0.05, 0.1) is 22.7 Å². The Morgan fingerprint density at radius 3 is 2.29 bits per heavy atom. The molecule has 0 unspecified atom stereocenters. The van der Waals surface area contributed by atoms with Crippen molar-refractivity contribution in [3.63, 3.8) is 0 Å². The number of nitrogens with one attached hydrogen (secondary N) is 1. The van der Waals surface area contributed by atoms with Crippen molar-refractivity contribution in [1.29, 1.82) is 0 Å². The molecule has 0 aliphatic rings. The van der Waals surface area contributed by atoms with Gasteiger partial charge in [-0.25, -0.2) is 8.42 Å². The second kappa shape index (κ2) is 14.6. The van der Waals surface area contributed by atoms with Crippen LogP contribution in [0.5, 0.6) is 5.75 Å². The lowest BCUT2D eigenvalue weighted by molar-refractivity contribution is -0.140. The molecule has 3 aromatic rings. The number of ether oxygens (including phenoxy) is 1. The van der Waals surface area contributed by atoms with Crippen molar-refractivity contribution in [2.75, 3.05) is 18.0 Å². The summed E-state index contributed by atoms with van der Waals surface area (Å²) in [5.74, 6) is -0.322. The van der Waals surface area contributed by atoms with Gasteiger partial charge in [0.25, 0.3) is 10.0 Å². The smallest absolute Gasteiger partial charge is 0.264 e. The molecular weight excluding hydrogens is 585 g/mol. The number of hydrogen-bond acceptors (Lipinski definition) is 5. The van der Waals surface area contributed by atoms with Crippen LogP contribution in [0.2, 0.25) is 10.0 Å². The Balaban J connectivity index is 2.10. The summed E-state index contributed by atoms with van der Waals surface area (Å²) in [4.78, 5) is 28.9. The minimum atomic E-state index is -4.26. The van der Waals surface area contributed by atoms with E-state index in [1.54, 1.807) is 43.3 Å². The first kappa shape index (κ1) is 32.2. The first-order valence-corrected chi connectivity index (χ1v) is 15.5. The Morgan fingerprint density at radius 1 is 0.951 bits per heavy atom. The number of carbonyl (C=O) groups excluding carboxylic acids is 2. The molecule has 0 aliphatic heterocycles. The van der Waals surface area contributed by atoms with Crippen LogP contribution < -0.4 is 14.4 Å². The molecule has 3 rings (SSSR count). The SMILES string of the molecule is CC[C@@H](C)NC(=O)[C@H](CC)N(Cc1cccc(OC)c1)C(=O)CN(c1cc(Cl)ccc1Cl)S(=O)(=O)c1ccccc1. The van der Waals surface area contributed by atoms with Gasteiger partial charge < -0.3 is 15.0 Å². The monoisotopic (exact) mass is 619 g/mol. The van der Waals surface area contributed by atoms with E-state index in [0.717, 1.165) is 4.31 Å². The summed E-state index contributed by atoms with van der Waals surface area (Å²) in [5, 5.41) is 3.30. The Labute approximate surface area is 252 Å². The van der Waals surface area contributed by atoms with Gasteiger partial charge in [0.15, 0.2) is 0 Å². The average molecular weight is 621 g/mol. The fourth-order valence-electron chi connectivity index (χ4n) is 4.24. The summed E-state index contributed by atoms with van der Waals surface area (Å²) in [6.07, 6.45) is 1.02. The quantitative estimate of drug-likeness (QED) is 0.256. The van der Waals surface area contributed by atoms with E-state index in [0.29, 0.717) is 24.2 Å². The van der Waals surface area contributed by atoms with Crippen molar-refractivity contribution in [3.05, 3.63) is 88.4 Å². The van der Waals surface area contributed by atoms with Crippen LogP contribution in [0.1, 0.15) is 39.2 Å². The number of amides is 2. The molecule has 2 amide bonds. The molecule has 0 spiro atoms. The van der Waals surface area contributed by atoms with Crippen LogP contribution in [-0.4, -0.2) is 50.9 Å². The first-order valence-electron chi connectivity index (χ1n) is 13.3. The molecule has 0 bridgehead atoms. The molecular formula is C30H35Cl2N3O5S. The molecule has 3 aromatic carbocycles. The zero-order valence-corrected chi connectivity index (χ0v) is 25.8. The van der Waals surface area contributed by atoms with Crippen LogP contribution in [0.15, 0.2) is 77.7 Å². The highest BCUT2D eigenvalue weighted by molar-refractivity contribution is 7.92. The lowest BCUT2D eigenvalue weighted by Gasteiger charge is -2.34. The summed E-state index contributed by atoms with van der Waals surface area (Å²) in [6.45, 7) is 5.07. The topological polar surface area (TPSA) is 96.0 Å². The third-order valence-corrected chi connectivity index (χ3v) is 8.99. The molecule has 0 aromatic heterocycles. The van der Waals surface area contributed by atoms with Crippen molar-refractivity contribution in [2.45, 2.75) is 57.1 Å². The first-order chi connectivity index (χ1) is 19.5. The van der Waals surface area contributed by atoms with Gasteiger partial charge in [0.1, 0.15) is 18.3 Å². The van der Waals surface area contributed by atoms with Gasteiger partial charge in [-0.05, 0) is 67.8 Å². The van der Waals surface area contributed by atoms with Gasteiger partial charge in [-0.3, -0.25) is 13.9 Å². The van der Waals surface area contributed by atoms with Crippen LogP contribution in [-0.2, 0) is 26.2 Å². The van der Waals surface area contributed by atoms with E-state index in [2.05, 4.69) is 5.32 Å². The van der Waals surface area contributed by atoms with Gasteiger partial charge in [-0.1, -0.05) is 67.4 Å². The molecule has 0 fully saturated rings. The standard InChI is InChI=1S/C30H35Cl2N3O5S/c1-5-21(3)33-30(37)27(6-2)34(19-22-11-10-12-24(17-22)40-4)29(36)20-35(28-18-23(31)15-16-26(28)32)41(38,39)25-13-8-7-9-14-25/h7-18,21,27H,5-6,19-20H2,1-4H3,(H,33,37)/t21-,27+/m1/s1. The second-order valence-electron chi connectivity index (χ2n) is 9.54. The van der Waals surface area contributed by atoms with E-state index in [1.807, 2.05) is 19.9 Å². The van der Waals surface area contributed by atoms with Crippen molar-refractivity contribution in [3.8, 4) is 5.75 Å². The molecule has 11 heteroatoms. The van der Waals surface area contributed by atoms with Crippen molar-refractivity contribution < 1.29 is 22.7 Å². The van der Waals surface area contributed by atoms with Crippen LogP contribution in [0.4, 0.5) is 5.69 Å². The molecule has 220 valence electrons. The van der Waals surface area contributed by atoms with Crippen molar-refractivity contribution >= 4 is 50.7 Å². The molecule has 41 heavy (non-hydrogen) atoms. The lowest BCUT2D eigenvalue weighted by Crippen LogP contribution is -2.53. The third-order valence-electron chi connectivity index (χ3n) is 6.66. The molecule has 0 radical (unpaired) electrons. The second-order valence-corrected chi connectivity index (χ2v) is 12.2. The normalized spacial score (nSPS) is 12.7. The minimum absolute atomic E-state index is 0.0234. The maximum Gasteiger partial charge on any atom is 0.264 e. The zero-order valence-electron chi connectivity index (χ0n) is 23.5. The average Bonchev–Trinajstić information content (AvgIpc) is 2.97. The fraction of sp³-hybridized carbons (Fsp3) is 0.333. The number of anilines is 1. The number of carbonyl (C=O) groups is 2. The summed E-state index contributed by atoms with van der Waals surface area (Å²) >= 11 is 12.7. The Bertz CT molecular complexity index is 1450. The molecule has 0 saturated heterocycles. The van der Waals surface area contributed by atoms with Crippen molar-refractivity contribution in [1.82, 2.24) is 10.2 Å². The Morgan fingerprint density at radius 2 is 1.66 bits per heavy atom. The summed E-state index contributed by atoms with van der Waals surface area (Å²) in [7, 11) is -2.72. The van der Waals surface area contributed by atoms with Crippen LogP contribution >= 0.6 is 23.2 Å². The number of sulfonamides is 1. The van der Waals surface area contributed by atoms with Crippen LogP contribution in [0.25, 0.3) is 0 Å². The lowest BCUT2D eigenvalue weighted by atomic mass is 10.1. The van der Waals surface area contributed by atoms with Crippen molar-refractivity contribution in [2.24, 2.45) is 0 Å². The predicted molar refractivity (Wildman–Crippen MR) is 163 cm³/mol. The number of halogens is 2. The molecule has 2 atom stereocenters. The maximum atomic E-state index is 14.2. The zero-order chi connectivity index (χ0) is 30.2. The molecule has 1 N–H and O–H groups in total. The minimum Gasteiger partial charge on any atom is -0.497 e. The van der Waals surface area contributed by atoms with Gasteiger partial charge in [-0.2, -0.15) is 0 Å². The van der Waals surface area contributed by atoms with Crippen LogP contribution in [0.3, 0.4) is 0 Å². The Kier molecular flexibility index (Phi) is 11.5. The molecule has 0 heterocycles. The van der Waals surface area contributed by atoms with E-state index in [9.17, 15) is 18.0 Å². The predicted octanol–water partition coefficient (Wildman–Crippen LogP) is 5.92. The van der Waals surface area contributed by atoms with E-state index in [-0.39, 0.29) is 39.1 Å². The number of methoxy groups -OCH3 is 1. The van der Waals surface area contributed by atoms with E-state index < -0.39 is 28.5 Å². The Hall–Kier alpha value is -3.27. The number of nitrogens with zero attached hydrogens (tertiary/aromatic N) is 2. The summed E-state index contributed by atoms with van der Waals surface area (Å²) in [5.41, 5.74) is 0.764.